The van der Waals surface area contributed by atoms with Crippen LogP contribution in [-0.4, -0.2) is 90.6 Å². The van der Waals surface area contributed by atoms with Gasteiger partial charge in [-0.25, -0.2) is 0 Å². The van der Waals surface area contributed by atoms with Gasteiger partial charge >= 0.3 is 0 Å². The number of phenolic OH excluding ortho intramolecular Hbond substituents is 1. The second-order valence-electron chi connectivity index (χ2n) is 16.5. The zero-order valence-electron chi connectivity index (χ0n) is 29.6. The summed E-state index contributed by atoms with van der Waals surface area (Å²) in [6.45, 7) is 7.38. The molecule has 3 amide bonds. The minimum atomic E-state index is -0.611. The van der Waals surface area contributed by atoms with E-state index in [1.165, 1.54) is 41.6 Å². The van der Waals surface area contributed by atoms with Crippen molar-refractivity contribution < 1.29 is 24.2 Å². The van der Waals surface area contributed by atoms with Gasteiger partial charge in [0.15, 0.2) is 0 Å². The number of carbonyl (C=O) groups excluding carboxylic acids is 3. The van der Waals surface area contributed by atoms with Gasteiger partial charge in [0, 0.05) is 69.4 Å². The summed E-state index contributed by atoms with van der Waals surface area (Å²) in [6.07, 6.45) is 6.61. The van der Waals surface area contributed by atoms with E-state index in [0.29, 0.717) is 36.8 Å². The number of benzene rings is 3. The van der Waals surface area contributed by atoms with Gasteiger partial charge in [0.2, 0.25) is 11.8 Å². The van der Waals surface area contributed by atoms with Crippen molar-refractivity contribution in [2.75, 3.05) is 55.7 Å². The third-order valence-electron chi connectivity index (χ3n) is 13.4. The zero-order valence-corrected chi connectivity index (χ0v) is 29.6. The fourth-order valence-electron chi connectivity index (χ4n) is 10.9. The Morgan fingerprint density at radius 2 is 1.67 bits per heavy atom. The molecule has 270 valence electrons. The first-order valence-electron chi connectivity index (χ1n) is 19.4. The Hall–Kier alpha value is -4.57. The molecule has 52 heavy (non-hydrogen) atoms. The molecule has 3 aromatic rings. The molecule has 10 nitrogen and oxygen atoms in total. The topological polar surface area (TPSA) is 106 Å². The summed E-state index contributed by atoms with van der Waals surface area (Å²) in [5, 5.41) is 12.4. The van der Waals surface area contributed by atoms with Crippen LogP contribution in [-0.2, 0) is 22.6 Å². The smallest absolute Gasteiger partial charge is 0.255 e. The minimum Gasteiger partial charge on any atom is -0.508 e. The van der Waals surface area contributed by atoms with Gasteiger partial charge < -0.3 is 24.5 Å². The van der Waals surface area contributed by atoms with E-state index in [4.69, 9.17) is 4.74 Å². The molecule has 7 aliphatic rings. The number of phenols is 1. The Bertz CT molecular complexity index is 1930. The van der Waals surface area contributed by atoms with Crippen LogP contribution in [0.5, 0.6) is 11.5 Å². The molecule has 5 atom stereocenters. The Balaban J connectivity index is 0.737. The number of carbonyl (C=O) groups is 3. The quantitative estimate of drug-likeness (QED) is 0.370. The van der Waals surface area contributed by atoms with Crippen LogP contribution >= 0.6 is 0 Å². The van der Waals surface area contributed by atoms with Crippen LogP contribution in [0.3, 0.4) is 0 Å². The molecule has 2 aliphatic carbocycles. The molecule has 3 unspecified atom stereocenters. The number of ether oxygens (including phenoxy) is 1. The minimum absolute atomic E-state index is 0.158. The van der Waals surface area contributed by atoms with Gasteiger partial charge in [-0.1, -0.05) is 18.2 Å². The summed E-state index contributed by atoms with van der Waals surface area (Å²) in [6, 6.07) is 18.9. The molecule has 3 aromatic carbocycles. The zero-order chi connectivity index (χ0) is 35.1. The van der Waals surface area contributed by atoms with Gasteiger partial charge in [-0.2, -0.15) is 0 Å². The lowest BCUT2D eigenvalue weighted by molar-refractivity contribution is -0.136. The number of imide groups is 1. The molecule has 0 spiro atoms. The Kier molecular flexibility index (Phi) is 7.74. The van der Waals surface area contributed by atoms with Gasteiger partial charge in [-0.15, -0.1) is 0 Å². The van der Waals surface area contributed by atoms with Crippen molar-refractivity contribution in [2.24, 2.45) is 17.8 Å². The highest BCUT2D eigenvalue weighted by molar-refractivity contribution is 6.06. The third kappa shape index (κ3) is 5.52. The fraction of sp³-hybridized carbons (Fsp3) is 0.500. The van der Waals surface area contributed by atoms with Crippen molar-refractivity contribution >= 4 is 29.1 Å². The van der Waals surface area contributed by atoms with Crippen molar-refractivity contribution in [2.45, 2.75) is 69.5 Å². The predicted octanol–water partition coefficient (Wildman–Crippen LogP) is 4.67. The normalized spacial score (nSPS) is 29.6. The first kappa shape index (κ1) is 32.1. The summed E-state index contributed by atoms with van der Waals surface area (Å²) in [5.74, 6) is 2.99. The van der Waals surface area contributed by atoms with Gasteiger partial charge in [0.05, 0.1) is 11.7 Å². The number of piperidine rings is 1. The first-order valence-corrected chi connectivity index (χ1v) is 19.4. The number of amides is 3. The van der Waals surface area contributed by atoms with Gasteiger partial charge in [-0.3, -0.25) is 24.6 Å². The van der Waals surface area contributed by atoms with Crippen molar-refractivity contribution in [3.8, 4) is 11.5 Å². The molecule has 4 fully saturated rings. The predicted molar refractivity (Wildman–Crippen MR) is 197 cm³/mol. The first-order chi connectivity index (χ1) is 25.3. The number of nitrogens with one attached hydrogen (secondary N) is 1. The highest BCUT2D eigenvalue weighted by Gasteiger charge is 2.44. The molecular weight excluding hydrogens is 654 g/mol. The lowest BCUT2D eigenvalue weighted by atomic mass is 9.79. The average Bonchev–Trinajstić information content (AvgIpc) is 3.82. The van der Waals surface area contributed by atoms with Crippen molar-refractivity contribution in [3.63, 3.8) is 0 Å². The van der Waals surface area contributed by atoms with E-state index >= 15 is 0 Å². The van der Waals surface area contributed by atoms with Gasteiger partial charge in [0.1, 0.15) is 24.1 Å². The van der Waals surface area contributed by atoms with Crippen LogP contribution in [0.15, 0.2) is 54.6 Å². The molecule has 1 saturated carbocycles. The molecule has 10 rings (SSSR count). The SMILES string of the molecule is O=C1CCC(N2Cc3cc4c(cc3C2=O)OC[C@@H]2CN(CC3CC5CN(c6ccc([C@H]7CCCc8cc(O)ccc87)cc6)CC5C3)CCN42)C(=O)N1. The standard InChI is InChI=1S/C42H47N5O5/c48-33-8-9-35-27(16-33)2-1-3-34(35)26-4-6-31(7-5-26)45-20-28-14-25(15-29(28)21-45)19-44-12-13-46-32(23-44)24-52-39-18-36-30(17-38(39)46)22-47(42(36)51)37-10-11-40(49)43-41(37)50/h4-9,16-18,25,28-29,32,34,37,48H,1-3,10-15,19-24H2,(H,43,49,50)/t25?,28?,29?,32-,34+,37?/m0/s1. The Morgan fingerprint density at radius 1 is 0.846 bits per heavy atom. The van der Waals surface area contributed by atoms with E-state index in [1.807, 2.05) is 18.2 Å². The lowest BCUT2D eigenvalue weighted by Crippen LogP contribution is -2.57. The maximum Gasteiger partial charge on any atom is 0.255 e. The van der Waals surface area contributed by atoms with E-state index in [2.05, 4.69) is 56.4 Å². The Morgan fingerprint density at radius 3 is 2.48 bits per heavy atom. The van der Waals surface area contributed by atoms with Crippen molar-refractivity contribution in [3.05, 3.63) is 82.4 Å². The molecular formula is C42H47N5O5. The highest BCUT2D eigenvalue weighted by atomic mass is 16.5. The third-order valence-corrected chi connectivity index (χ3v) is 13.4. The molecule has 10 heteroatoms. The summed E-state index contributed by atoms with van der Waals surface area (Å²) >= 11 is 0. The van der Waals surface area contributed by atoms with Crippen LogP contribution in [0.2, 0.25) is 0 Å². The summed E-state index contributed by atoms with van der Waals surface area (Å²) in [7, 11) is 0. The van der Waals surface area contributed by atoms with Crippen LogP contribution in [0.25, 0.3) is 0 Å². The molecule has 3 saturated heterocycles. The monoisotopic (exact) mass is 701 g/mol. The number of rotatable bonds is 5. The van der Waals surface area contributed by atoms with Gasteiger partial charge in [0.25, 0.3) is 5.91 Å². The van der Waals surface area contributed by atoms with Crippen molar-refractivity contribution in [1.29, 1.82) is 0 Å². The molecule has 0 radical (unpaired) electrons. The summed E-state index contributed by atoms with van der Waals surface area (Å²) < 4.78 is 6.30. The Labute approximate surface area is 304 Å². The second-order valence-corrected chi connectivity index (χ2v) is 16.5. The molecule has 2 N–H and O–H groups in total. The average molecular weight is 702 g/mol. The molecule has 5 aliphatic heterocycles. The van der Waals surface area contributed by atoms with E-state index < -0.39 is 6.04 Å². The number of aryl methyl sites for hydroxylation is 1. The number of aromatic hydroxyl groups is 1. The van der Waals surface area contributed by atoms with Gasteiger partial charge in [-0.05, 0) is 115 Å². The molecule has 0 bridgehead atoms. The number of piperazine rings is 1. The van der Waals surface area contributed by atoms with Crippen LogP contribution in [0, 0.1) is 17.8 Å². The van der Waals surface area contributed by atoms with E-state index in [9.17, 15) is 19.5 Å². The van der Waals surface area contributed by atoms with Crippen LogP contribution in [0.4, 0.5) is 11.4 Å². The number of hydrogen-bond acceptors (Lipinski definition) is 8. The maximum absolute atomic E-state index is 13.3. The van der Waals surface area contributed by atoms with E-state index in [-0.39, 0.29) is 30.2 Å². The highest BCUT2D eigenvalue weighted by Crippen LogP contribution is 2.45. The summed E-state index contributed by atoms with van der Waals surface area (Å²) in [4.78, 5) is 46.9. The number of hydrogen-bond donors (Lipinski definition) is 2. The second kappa shape index (κ2) is 12.5. The summed E-state index contributed by atoms with van der Waals surface area (Å²) in [5.41, 5.74) is 8.00. The number of fused-ring (bicyclic) bond motifs is 6. The maximum atomic E-state index is 13.3. The number of nitrogens with zero attached hydrogens (tertiary/aromatic N) is 4. The lowest BCUT2D eigenvalue weighted by Gasteiger charge is -2.46. The van der Waals surface area contributed by atoms with Crippen LogP contribution < -0.4 is 19.9 Å². The van der Waals surface area contributed by atoms with E-state index in [1.54, 1.807) is 4.90 Å². The van der Waals surface area contributed by atoms with Crippen LogP contribution in [0.1, 0.15) is 77.1 Å². The van der Waals surface area contributed by atoms with E-state index in [0.717, 1.165) is 86.9 Å². The fourth-order valence-corrected chi connectivity index (χ4v) is 10.9. The molecule has 0 aromatic heterocycles. The van der Waals surface area contributed by atoms with Crippen molar-refractivity contribution in [1.82, 2.24) is 15.1 Å². The largest absolute Gasteiger partial charge is 0.508 e. The molecule has 5 heterocycles. The number of anilines is 2.